The van der Waals surface area contributed by atoms with Crippen LogP contribution < -0.4 is 10.0 Å². The van der Waals surface area contributed by atoms with Gasteiger partial charge in [-0.3, -0.25) is 4.72 Å². The maximum absolute atomic E-state index is 12.8. The first-order chi connectivity index (χ1) is 13.3. The van der Waals surface area contributed by atoms with Crippen molar-refractivity contribution in [3.63, 3.8) is 0 Å². The Morgan fingerprint density at radius 2 is 1.61 bits per heavy atom. The molecule has 0 aliphatic carbocycles. The Hall–Kier alpha value is -2.54. The molecule has 28 heavy (non-hydrogen) atoms. The van der Waals surface area contributed by atoms with Gasteiger partial charge in [0.05, 0.1) is 16.3 Å². The van der Waals surface area contributed by atoms with Gasteiger partial charge in [0.2, 0.25) is 0 Å². The molecule has 0 saturated carbocycles. The van der Waals surface area contributed by atoms with Crippen LogP contribution in [0.25, 0.3) is 0 Å². The zero-order valence-corrected chi connectivity index (χ0v) is 17.1. The fraction of sp³-hybridized carbons (Fsp3) is 0.381. The molecular formula is C21H27N3O3S. The lowest BCUT2D eigenvalue weighted by Crippen LogP contribution is -2.32. The maximum atomic E-state index is 12.8. The number of anilines is 2. The first-order valence-corrected chi connectivity index (χ1v) is 11.1. The van der Waals surface area contributed by atoms with Crippen LogP contribution in [0.4, 0.5) is 16.2 Å². The number of carbonyl (C=O) groups is 1. The van der Waals surface area contributed by atoms with Crippen molar-refractivity contribution in [2.45, 2.75) is 38.0 Å². The molecule has 0 atom stereocenters. The van der Waals surface area contributed by atoms with Gasteiger partial charge in [-0.25, -0.2) is 13.2 Å². The molecule has 0 bridgehead atoms. The summed E-state index contributed by atoms with van der Waals surface area (Å²) in [6.45, 7) is 5.70. The summed E-state index contributed by atoms with van der Waals surface area (Å²) in [5.41, 5.74) is 1.90. The fourth-order valence-electron chi connectivity index (χ4n) is 3.28. The van der Waals surface area contributed by atoms with Gasteiger partial charge in [-0.15, -0.1) is 0 Å². The Kier molecular flexibility index (Phi) is 6.24. The first kappa shape index (κ1) is 20.2. The highest BCUT2D eigenvalue weighted by Gasteiger charge is 2.20. The molecule has 3 rings (SSSR count). The van der Waals surface area contributed by atoms with E-state index in [0.717, 1.165) is 37.9 Å². The number of hydrogen-bond acceptors (Lipinski definition) is 3. The van der Waals surface area contributed by atoms with Crippen molar-refractivity contribution in [3.05, 3.63) is 54.1 Å². The number of nitrogens with one attached hydrogen (secondary N) is 2. The minimum Gasteiger partial charge on any atom is -0.325 e. The third kappa shape index (κ3) is 5.04. The Labute approximate surface area is 167 Å². The molecule has 2 amide bonds. The van der Waals surface area contributed by atoms with Gasteiger partial charge in [-0.05, 0) is 55.0 Å². The number of para-hydroxylation sites is 2. The molecule has 2 N–H and O–H groups in total. The molecule has 2 aromatic rings. The third-order valence-electron chi connectivity index (χ3n) is 4.68. The van der Waals surface area contributed by atoms with E-state index in [2.05, 4.69) is 23.9 Å². The summed E-state index contributed by atoms with van der Waals surface area (Å²) < 4.78 is 28.2. The Balaban J connectivity index is 1.76. The van der Waals surface area contributed by atoms with Crippen LogP contribution in [-0.2, 0) is 16.4 Å². The number of carbonyl (C=O) groups excluding carboxylic acids is 1. The van der Waals surface area contributed by atoms with E-state index < -0.39 is 10.0 Å². The van der Waals surface area contributed by atoms with Crippen molar-refractivity contribution < 1.29 is 13.2 Å². The number of nitrogens with zero attached hydrogens (tertiary/aromatic N) is 1. The third-order valence-corrected chi connectivity index (χ3v) is 6.07. The van der Waals surface area contributed by atoms with Crippen LogP contribution in [-0.4, -0.2) is 32.4 Å². The molecule has 1 heterocycles. The second-order valence-corrected chi connectivity index (χ2v) is 9.20. The Morgan fingerprint density at radius 3 is 2.21 bits per heavy atom. The van der Waals surface area contributed by atoms with E-state index >= 15 is 0 Å². The average molecular weight is 402 g/mol. The average Bonchev–Trinajstić information content (AvgIpc) is 3.18. The van der Waals surface area contributed by atoms with E-state index in [1.165, 1.54) is 0 Å². The molecule has 1 fully saturated rings. The molecule has 7 heteroatoms. The predicted molar refractivity (Wildman–Crippen MR) is 112 cm³/mol. The second-order valence-electron chi connectivity index (χ2n) is 7.52. The topological polar surface area (TPSA) is 78.5 Å². The van der Waals surface area contributed by atoms with Gasteiger partial charge in [-0.2, -0.15) is 0 Å². The number of likely N-dealkylation sites (tertiary alicyclic amines) is 1. The summed E-state index contributed by atoms with van der Waals surface area (Å²) in [5, 5.41) is 2.82. The summed E-state index contributed by atoms with van der Waals surface area (Å²) in [6.07, 6.45) is 2.89. The van der Waals surface area contributed by atoms with Crippen LogP contribution in [0.15, 0.2) is 53.4 Å². The largest absolute Gasteiger partial charge is 0.325 e. The molecule has 0 radical (unpaired) electrons. The molecule has 0 aromatic heterocycles. The first-order valence-electron chi connectivity index (χ1n) is 9.62. The lowest BCUT2D eigenvalue weighted by Gasteiger charge is -2.18. The van der Waals surface area contributed by atoms with Crippen LogP contribution in [0.5, 0.6) is 0 Å². The van der Waals surface area contributed by atoms with E-state index in [0.29, 0.717) is 17.3 Å². The van der Waals surface area contributed by atoms with Gasteiger partial charge in [0.15, 0.2) is 0 Å². The van der Waals surface area contributed by atoms with Crippen molar-refractivity contribution in [2.24, 2.45) is 5.92 Å². The van der Waals surface area contributed by atoms with Crippen molar-refractivity contribution in [1.82, 2.24) is 4.90 Å². The number of sulfonamides is 1. The van der Waals surface area contributed by atoms with Gasteiger partial charge in [0, 0.05) is 13.1 Å². The highest BCUT2D eigenvalue weighted by Crippen LogP contribution is 2.25. The van der Waals surface area contributed by atoms with Gasteiger partial charge in [-0.1, -0.05) is 38.1 Å². The molecule has 2 aromatic carbocycles. The summed E-state index contributed by atoms with van der Waals surface area (Å²) in [7, 11) is -3.75. The van der Waals surface area contributed by atoms with Crippen molar-refractivity contribution in [1.29, 1.82) is 0 Å². The Bertz CT molecular complexity index is 918. The molecule has 6 nitrogen and oxygen atoms in total. The normalized spacial score (nSPS) is 14.3. The number of urea groups is 1. The zero-order chi connectivity index (χ0) is 20.1. The minimum absolute atomic E-state index is 0.195. The van der Waals surface area contributed by atoms with Crippen LogP contribution in [0.3, 0.4) is 0 Å². The van der Waals surface area contributed by atoms with E-state index in [-0.39, 0.29) is 10.9 Å². The Morgan fingerprint density at radius 1 is 1.00 bits per heavy atom. The molecular weight excluding hydrogens is 374 g/mol. The minimum atomic E-state index is -3.75. The van der Waals surface area contributed by atoms with Gasteiger partial charge < -0.3 is 10.2 Å². The van der Waals surface area contributed by atoms with Crippen molar-refractivity contribution in [2.75, 3.05) is 23.1 Å². The van der Waals surface area contributed by atoms with E-state index in [4.69, 9.17) is 0 Å². The van der Waals surface area contributed by atoms with Crippen LogP contribution in [0.2, 0.25) is 0 Å². The zero-order valence-electron chi connectivity index (χ0n) is 16.3. The summed E-state index contributed by atoms with van der Waals surface area (Å²) in [6, 6.07) is 13.5. The van der Waals surface area contributed by atoms with Gasteiger partial charge in [0.25, 0.3) is 10.0 Å². The van der Waals surface area contributed by atoms with Crippen LogP contribution in [0, 0.1) is 5.92 Å². The van der Waals surface area contributed by atoms with Gasteiger partial charge in [0.1, 0.15) is 0 Å². The standard InChI is InChI=1S/C21H27N3O3S/c1-16(2)15-17-9-11-18(12-10-17)28(26,27)23-20-8-4-3-7-19(20)22-21(25)24-13-5-6-14-24/h3-4,7-12,16,23H,5-6,13-15H2,1-2H3,(H,22,25). The second kappa shape index (κ2) is 8.65. The molecule has 150 valence electrons. The number of benzene rings is 2. The number of rotatable bonds is 6. The highest BCUT2D eigenvalue weighted by atomic mass is 32.2. The van der Waals surface area contributed by atoms with Crippen molar-refractivity contribution >= 4 is 27.4 Å². The fourth-order valence-corrected chi connectivity index (χ4v) is 4.36. The highest BCUT2D eigenvalue weighted by molar-refractivity contribution is 7.92. The lowest BCUT2D eigenvalue weighted by atomic mass is 10.0. The van der Waals surface area contributed by atoms with E-state index in [9.17, 15) is 13.2 Å². The molecule has 1 aliphatic rings. The molecule has 0 spiro atoms. The summed E-state index contributed by atoms with van der Waals surface area (Å²) in [4.78, 5) is 14.3. The predicted octanol–water partition coefficient (Wildman–Crippen LogP) is 4.31. The van der Waals surface area contributed by atoms with Crippen LogP contribution in [0.1, 0.15) is 32.3 Å². The summed E-state index contributed by atoms with van der Waals surface area (Å²) in [5.74, 6) is 0.506. The van der Waals surface area contributed by atoms with E-state index in [1.807, 2.05) is 12.1 Å². The number of hydrogen-bond donors (Lipinski definition) is 2. The SMILES string of the molecule is CC(C)Cc1ccc(S(=O)(=O)Nc2ccccc2NC(=O)N2CCCC2)cc1. The molecule has 1 aliphatic heterocycles. The smallest absolute Gasteiger partial charge is 0.321 e. The van der Waals surface area contributed by atoms with Crippen molar-refractivity contribution in [3.8, 4) is 0 Å². The van der Waals surface area contributed by atoms with Gasteiger partial charge >= 0.3 is 6.03 Å². The summed E-state index contributed by atoms with van der Waals surface area (Å²) >= 11 is 0. The van der Waals surface area contributed by atoms with E-state index in [1.54, 1.807) is 41.3 Å². The quantitative estimate of drug-likeness (QED) is 0.757. The van der Waals surface area contributed by atoms with Crippen LogP contribution >= 0.6 is 0 Å². The lowest BCUT2D eigenvalue weighted by molar-refractivity contribution is 0.222. The molecule has 1 saturated heterocycles. The molecule has 0 unspecified atom stereocenters. The maximum Gasteiger partial charge on any atom is 0.321 e. The number of amides is 2. The monoisotopic (exact) mass is 401 g/mol.